The molecule has 0 aliphatic heterocycles. The predicted molar refractivity (Wildman–Crippen MR) is 219 cm³/mol. The van der Waals surface area contributed by atoms with Gasteiger partial charge in [0.2, 0.25) is 0 Å². The average Bonchev–Trinajstić information content (AvgIpc) is 3.63. The Hall–Kier alpha value is -7.37. The normalized spacial score (nSPS) is 11.4. The van der Waals surface area contributed by atoms with Gasteiger partial charge in [-0.2, -0.15) is 0 Å². The molecule has 0 fully saturated rings. The third kappa shape index (κ3) is 5.47. The first-order chi connectivity index (χ1) is 26.7. The highest BCUT2D eigenvalue weighted by atomic mass is 16.3. The number of aromatic hydroxyl groups is 1. The fourth-order valence-corrected chi connectivity index (χ4v) is 7.46. The predicted octanol–water partition coefficient (Wildman–Crippen LogP) is 12.6. The van der Waals surface area contributed by atoms with Crippen molar-refractivity contribution in [3.05, 3.63) is 182 Å². The second kappa shape index (κ2) is 13.0. The summed E-state index contributed by atoms with van der Waals surface area (Å²) in [6, 6.07) is 61.0. The van der Waals surface area contributed by atoms with Gasteiger partial charge in [0, 0.05) is 33.0 Å². The van der Waals surface area contributed by atoms with Crippen molar-refractivity contribution >= 4 is 32.7 Å². The van der Waals surface area contributed by atoms with Crippen molar-refractivity contribution in [1.29, 1.82) is 0 Å². The van der Waals surface area contributed by atoms with Gasteiger partial charge in [0.15, 0.2) is 17.5 Å². The van der Waals surface area contributed by atoms with Crippen LogP contribution in [-0.2, 0) is 0 Å². The molecular weight excluding hydrogens is 663 g/mol. The van der Waals surface area contributed by atoms with E-state index in [0.717, 1.165) is 71.7 Å². The second-order valence-electron chi connectivity index (χ2n) is 13.3. The topological polar surface area (TPSA) is 72.0 Å². The maximum atomic E-state index is 11.8. The van der Waals surface area contributed by atoms with Gasteiger partial charge in [-0.25, -0.2) is 15.0 Å². The number of para-hydroxylation sites is 1. The Balaban J connectivity index is 1.27. The quantitative estimate of drug-likeness (QED) is 0.188. The van der Waals surface area contributed by atoms with Crippen LogP contribution in [0, 0.1) is 0 Å². The van der Waals surface area contributed by atoms with Crippen LogP contribution in [0.2, 0.25) is 0 Å². The first-order valence-electron chi connectivity index (χ1n) is 17.9. The molecule has 2 aromatic heterocycles. The van der Waals surface area contributed by atoms with Crippen LogP contribution in [-0.4, -0.2) is 20.1 Å². The Bertz CT molecular complexity index is 2990. The smallest absolute Gasteiger partial charge is 0.165 e. The van der Waals surface area contributed by atoms with Crippen molar-refractivity contribution in [2.45, 2.75) is 0 Å². The van der Waals surface area contributed by atoms with E-state index in [1.165, 1.54) is 0 Å². The Labute approximate surface area is 311 Å². The van der Waals surface area contributed by atoms with E-state index in [9.17, 15) is 5.11 Å². The fraction of sp³-hybridized carbons (Fsp3) is 0. The number of benzene rings is 8. The van der Waals surface area contributed by atoms with Gasteiger partial charge in [0.05, 0.1) is 0 Å². The van der Waals surface area contributed by atoms with Crippen LogP contribution in [0.1, 0.15) is 0 Å². The van der Waals surface area contributed by atoms with Gasteiger partial charge in [-0.05, 0) is 68.9 Å². The van der Waals surface area contributed by atoms with Crippen LogP contribution in [0.5, 0.6) is 5.75 Å². The lowest BCUT2D eigenvalue weighted by molar-refractivity contribution is 0.477. The van der Waals surface area contributed by atoms with E-state index < -0.39 is 0 Å². The molecule has 2 heterocycles. The molecule has 0 aliphatic carbocycles. The number of phenolic OH excluding ortho intramolecular Hbond substituents is 1. The fourth-order valence-electron chi connectivity index (χ4n) is 7.46. The molecule has 1 N–H and O–H groups in total. The highest BCUT2D eigenvalue weighted by molar-refractivity contribution is 6.14. The molecule has 54 heavy (non-hydrogen) atoms. The van der Waals surface area contributed by atoms with Crippen molar-refractivity contribution in [3.63, 3.8) is 0 Å². The molecule has 0 unspecified atom stereocenters. The molecule has 0 aliphatic rings. The van der Waals surface area contributed by atoms with E-state index in [-0.39, 0.29) is 5.75 Å². The van der Waals surface area contributed by atoms with E-state index in [4.69, 9.17) is 19.4 Å². The van der Waals surface area contributed by atoms with Gasteiger partial charge < -0.3 is 9.52 Å². The number of aromatic nitrogens is 3. The van der Waals surface area contributed by atoms with Crippen molar-refractivity contribution in [2.24, 2.45) is 0 Å². The maximum Gasteiger partial charge on any atom is 0.165 e. The van der Waals surface area contributed by atoms with Crippen LogP contribution in [0.4, 0.5) is 0 Å². The summed E-state index contributed by atoms with van der Waals surface area (Å²) in [6.07, 6.45) is 0. The molecule has 5 nitrogen and oxygen atoms in total. The minimum absolute atomic E-state index is 0.130. The Kier molecular flexibility index (Phi) is 7.55. The minimum atomic E-state index is 0.130. The van der Waals surface area contributed by atoms with E-state index in [2.05, 4.69) is 78.9 Å². The number of fused-ring (bicyclic) bond motifs is 4. The van der Waals surface area contributed by atoms with E-state index in [1.807, 2.05) is 97.1 Å². The first kappa shape index (κ1) is 31.4. The molecule has 0 spiro atoms. The zero-order valence-electron chi connectivity index (χ0n) is 29.0. The summed E-state index contributed by atoms with van der Waals surface area (Å²) < 4.78 is 6.34. The van der Waals surface area contributed by atoms with Crippen molar-refractivity contribution in [3.8, 4) is 73.3 Å². The monoisotopic (exact) mass is 693 g/mol. The highest BCUT2D eigenvalue weighted by Crippen LogP contribution is 2.47. The second-order valence-corrected chi connectivity index (χ2v) is 13.3. The summed E-state index contributed by atoms with van der Waals surface area (Å²) in [5.41, 5.74) is 9.54. The SMILES string of the molecule is Oc1ccc(-c2cccc3oc4ccccc4c23)c(-c2nc(-c3ccc(-c4ccccc4)cc3)nc(-c3ccc4ccccc4c3)n2)c1-c1ccccc1. The van der Waals surface area contributed by atoms with Crippen LogP contribution < -0.4 is 0 Å². The van der Waals surface area contributed by atoms with Crippen LogP contribution >= 0.6 is 0 Å². The van der Waals surface area contributed by atoms with Gasteiger partial charge in [-0.15, -0.1) is 0 Å². The van der Waals surface area contributed by atoms with Crippen LogP contribution in [0.15, 0.2) is 186 Å². The number of rotatable bonds is 6. The number of phenols is 1. The lowest BCUT2D eigenvalue weighted by Crippen LogP contribution is -2.03. The third-order valence-electron chi connectivity index (χ3n) is 10.1. The van der Waals surface area contributed by atoms with Gasteiger partial charge in [-0.1, -0.05) is 152 Å². The van der Waals surface area contributed by atoms with Gasteiger partial charge in [-0.3, -0.25) is 0 Å². The Morgan fingerprint density at radius 2 is 0.963 bits per heavy atom. The minimum Gasteiger partial charge on any atom is -0.507 e. The molecule has 254 valence electrons. The molecule has 0 atom stereocenters. The lowest BCUT2D eigenvalue weighted by Gasteiger charge is -2.18. The summed E-state index contributed by atoms with van der Waals surface area (Å²) in [7, 11) is 0. The molecule has 0 saturated carbocycles. The number of nitrogens with zero attached hydrogens (tertiary/aromatic N) is 3. The van der Waals surface area contributed by atoms with Gasteiger partial charge >= 0.3 is 0 Å². The molecule has 10 rings (SSSR count). The first-order valence-corrected chi connectivity index (χ1v) is 17.9. The molecule has 10 aromatic rings. The Morgan fingerprint density at radius 3 is 1.76 bits per heavy atom. The molecule has 0 amide bonds. The molecule has 5 heteroatoms. The zero-order valence-corrected chi connectivity index (χ0v) is 29.0. The zero-order chi connectivity index (χ0) is 36.0. The molecule has 0 radical (unpaired) electrons. The third-order valence-corrected chi connectivity index (χ3v) is 10.1. The molecule has 8 aromatic carbocycles. The highest BCUT2D eigenvalue weighted by Gasteiger charge is 2.24. The van der Waals surface area contributed by atoms with Crippen LogP contribution in [0.25, 0.3) is 100 Å². The molecular formula is C49H31N3O2. The summed E-state index contributed by atoms with van der Waals surface area (Å²) >= 11 is 0. The van der Waals surface area contributed by atoms with Gasteiger partial charge in [0.1, 0.15) is 16.9 Å². The lowest BCUT2D eigenvalue weighted by atomic mass is 9.88. The van der Waals surface area contributed by atoms with Crippen molar-refractivity contribution in [2.75, 3.05) is 0 Å². The Morgan fingerprint density at radius 1 is 0.370 bits per heavy atom. The van der Waals surface area contributed by atoms with Crippen molar-refractivity contribution in [1.82, 2.24) is 15.0 Å². The number of furan rings is 1. The number of hydrogen-bond acceptors (Lipinski definition) is 5. The maximum absolute atomic E-state index is 11.8. The van der Waals surface area contributed by atoms with Gasteiger partial charge in [0.25, 0.3) is 0 Å². The van der Waals surface area contributed by atoms with E-state index in [1.54, 1.807) is 6.07 Å². The summed E-state index contributed by atoms with van der Waals surface area (Å²) in [5.74, 6) is 1.65. The van der Waals surface area contributed by atoms with Crippen LogP contribution in [0.3, 0.4) is 0 Å². The largest absolute Gasteiger partial charge is 0.507 e. The van der Waals surface area contributed by atoms with E-state index in [0.29, 0.717) is 28.6 Å². The molecule has 0 bridgehead atoms. The van der Waals surface area contributed by atoms with Crippen molar-refractivity contribution < 1.29 is 9.52 Å². The average molecular weight is 694 g/mol. The summed E-state index contributed by atoms with van der Waals surface area (Å²) in [6.45, 7) is 0. The van der Waals surface area contributed by atoms with E-state index >= 15 is 0 Å². The summed E-state index contributed by atoms with van der Waals surface area (Å²) in [5, 5.41) is 16.0. The number of hydrogen-bond donors (Lipinski definition) is 1. The standard InChI is InChI=1S/C49H31N3O2/c53-41-29-28-39(38-19-11-21-43-45(38)40-18-9-10-20-42(40)54-43)46(44(41)34-15-5-2-6-16-34)49-51-47(35-25-22-33(23-26-35)31-12-3-1-4-13-31)50-48(52-49)37-27-24-32-14-7-8-17-36(32)30-37/h1-30,53H. The summed E-state index contributed by atoms with van der Waals surface area (Å²) in [4.78, 5) is 15.6. The molecule has 0 saturated heterocycles.